The molecule has 1 saturated heterocycles. The fourth-order valence-corrected chi connectivity index (χ4v) is 2.57. The monoisotopic (exact) mass is 264 g/mol. The summed E-state index contributed by atoms with van der Waals surface area (Å²) >= 11 is 0. The van der Waals surface area contributed by atoms with Crippen LogP contribution in [0.25, 0.3) is 0 Å². The number of nitrogens with zero attached hydrogens (tertiary/aromatic N) is 2. The van der Waals surface area contributed by atoms with E-state index in [9.17, 15) is 0 Å². The average molecular weight is 264 g/mol. The lowest BCUT2D eigenvalue weighted by Gasteiger charge is -2.32. The second-order valence-electron chi connectivity index (χ2n) is 6.32. The second kappa shape index (κ2) is 4.07. The van der Waals surface area contributed by atoms with Crippen molar-refractivity contribution in [2.75, 3.05) is 6.61 Å². The summed E-state index contributed by atoms with van der Waals surface area (Å²) in [5.74, 6) is 0. The molecule has 104 valence electrons. The van der Waals surface area contributed by atoms with E-state index < -0.39 is 0 Å². The number of aromatic nitrogens is 2. The lowest BCUT2D eigenvalue weighted by atomic mass is 9.80. The third-order valence-electron chi connectivity index (χ3n) is 4.52. The SMILES string of the molecule is Cn1nc(B2OC(C)(C)C(C)(C)O2)c2c1COCC2. The van der Waals surface area contributed by atoms with Crippen LogP contribution >= 0.6 is 0 Å². The van der Waals surface area contributed by atoms with Gasteiger partial charge in [-0.05, 0) is 39.7 Å². The molecule has 0 spiro atoms. The van der Waals surface area contributed by atoms with Crippen LogP contribution in [0.2, 0.25) is 0 Å². The molecule has 0 bridgehead atoms. The molecule has 0 radical (unpaired) electrons. The first-order valence-corrected chi connectivity index (χ1v) is 6.80. The van der Waals surface area contributed by atoms with Gasteiger partial charge in [0.2, 0.25) is 0 Å². The number of rotatable bonds is 1. The zero-order chi connectivity index (χ0) is 13.8. The first-order chi connectivity index (χ1) is 8.82. The summed E-state index contributed by atoms with van der Waals surface area (Å²) < 4.78 is 19.6. The summed E-state index contributed by atoms with van der Waals surface area (Å²) in [6, 6.07) is 0. The van der Waals surface area contributed by atoms with Crippen molar-refractivity contribution in [3.05, 3.63) is 11.3 Å². The molecule has 3 heterocycles. The van der Waals surface area contributed by atoms with Gasteiger partial charge in [-0.2, -0.15) is 5.10 Å². The Morgan fingerprint density at radius 3 is 2.42 bits per heavy atom. The van der Waals surface area contributed by atoms with E-state index in [-0.39, 0.29) is 18.3 Å². The minimum absolute atomic E-state index is 0.326. The zero-order valence-corrected chi connectivity index (χ0v) is 12.3. The standard InChI is InChI=1S/C13H21BN2O3/c1-12(2)13(3,4)19-14(18-12)11-9-6-7-17-8-10(9)16(5)15-11/h6-8H2,1-5H3. The molecule has 1 aromatic rings. The number of aryl methyl sites for hydroxylation is 1. The third kappa shape index (κ3) is 1.93. The van der Waals surface area contributed by atoms with Crippen LogP contribution in [0, 0.1) is 0 Å². The van der Waals surface area contributed by atoms with Gasteiger partial charge in [0.1, 0.15) is 0 Å². The molecular formula is C13H21BN2O3. The predicted molar refractivity (Wildman–Crippen MR) is 72.3 cm³/mol. The summed E-state index contributed by atoms with van der Waals surface area (Å²) in [6.07, 6.45) is 0.878. The summed E-state index contributed by atoms with van der Waals surface area (Å²) in [7, 11) is 1.57. The third-order valence-corrected chi connectivity index (χ3v) is 4.52. The Labute approximate surface area is 114 Å². The van der Waals surface area contributed by atoms with Gasteiger partial charge in [-0.25, -0.2) is 0 Å². The van der Waals surface area contributed by atoms with Crippen LogP contribution in [0.3, 0.4) is 0 Å². The van der Waals surface area contributed by atoms with Crippen molar-refractivity contribution in [3.8, 4) is 0 Å². The Kier molecular flexibility index (Phi) is 2.82. The number of ether oxygens (including phenoxy) is 1. The van der Waals surface area contributed by atoms with Crippen LogP contribution < -0.4 is 5.59 Å². The van der Waals surface area contributed by atoms with E-state index in [2.05, 4.69) is 32.8 Å². The Morgan fingerprint density at radius 1 is 1.16 bits per heavy atom. The molecule has 19 heavy (non-hydrogen) atoms. The molecule has 0 unspecified atom stereocenters. The van der Waals surface area contributed by atoms with Crippen molar-refractivity contribution in [3.63, 3.8) is 0 Å². The smallest absolute Gasteiger partial charge is 0.398 e. The van der Waals surface area contributed by atoms with Crippen LogP contribution in [0.15, 0.2) is 0 Å². The van der Waals surface area contributed by atoms with Crippen molar-refractivity contribution in [1.29, 1.82) is 0 Å². The molecule has 2 aliphatic heterocycles. The average Bonchev–Trinajstić information content (AvgIpc) is 2.76. The quantitative estimate of drug-likeness (QED) is 0.703. The molecule has 6 heteroatoms. The highest BCUT2D eigenvalue weighted by molar-refractivity contribution is 6.61. The maximum absolute atomic E-state index is 6.09. The van der Waals surface area contributed by atoms with Gasteiger partial charge in [0.05, 0.1) is 35.7 Å². The highest BCUT2D eigenvalue weighted by atomic mass is 16.7. The Hall–Kier alpha value is -0.845. The van der Waals surface area contributed by atoms with Crippen LogP contribution in [-0.4, -0.2) is 34.7 Å². The first-order valence-electron chi connectivity index (χ1n) is 6.80. The van der Waals surface area contributed by atoms with E-state index in [0.29, 0.717) is 6.61 Å². The van der Waals surface area contributed by atoms with Crippen molar-refractivity contribution < 1.29 is 14.0 Å². The Balaban J connectivity index is 1.97. The van der Waals surface area contributed by atoms with Crippen molar-refractivity contribution in [2.24, 2.45) is 7.05 Å². The number of hydrogen-bond acceptors (Lipinski definition) is 4. The molecule has 2 aliphatic rings. The maximum Gasteiger partial charge on any atom is 0.516 e. The van der Waals surface area contributed by atoms with E-state index in [0.717, 1.165) is 24.3 Å². The van der Waals surface area contributed by atoms with Gasteiger partial charge in [-0.3, -0.25) is 4.68 Å². The molecule has 0 atom stereocenters. The molecule has 0 saturated carbocycles. The molecule has 1 fully saturated rings. The van der Waals surface area contributed by atoms with E-state index in [4.69, 9.17) is 14.0 Å². The van der Waals surface area contributed by atoms with E-state index in [1.165, 1.54) is 5.56 Å². The van der Waals surface area contributed by atoms with Gasteiger partial charge in [0.25, 0.3) is 0 Å². The van der Waals surface area contributed by atoms with Gasteiger partial charge in [0, 0.05) is 7.05 Å². The molecule has 0 aliphatic carbocycles. The van der Waals surface area contributed by atoms with Crippen molar-refractivity contribution >= 4 is 12.7 Å². The fourth-order valence-electron chi connectivity index (χ4n) is 2.57. The van der Waals surface area contributed by atoms with E-state index in [1.807, 2.05) is 11.7 Å². The predicted octanol–water partition coefficient (Wildman–Crippen LogP) is 0.792. The maximum atomic E-state index is 6.09. The lowest BCUT2D eigenvalue weighted by molar-refractivity contribution is 0.00578. The number of hydrogen-bond donors (Lipinski definition) is 0. The Bertz CT molecular complexity index is 494. The topological polar surface area (TPSA) is 45.5 Å². The van der Waals surface area contributed by atoms with Gasteiger partial charge in [-0.15, -0.1) is 0 Å². The minimum atomic E-state index is -0.377. The molecule has 0 N–H and O–H groups in total. The Morgan fingerprint density at radius 2 is 1.79 bits per heavy atom. The molecule has 1 aromatic heterocycles. The lowest BCUT2D eigenvalue weighted by Crippen LogP contribution is -2.41. The summed E-state index contributed by atoms with van der Waals surface area (Å²) in [5.41, 5.74) is 2.63. The highest BCUT2D eigenvalue weighted by Gasteiger charge is 2.53. The molecular weight excluding hydrogens is 243 g/mol. The van der Waals surface area contributed by atoms with Gasteiger partial charge in [0.15, 0.2) is 0 Å². The largest absolute Gasteiger partial charge is 0.516 e. The molecule has 5 nitrogen and oxygen atoms in total. The molecule has 0 aromatic carbocycles. The van der Waals surface area contributed by atoms with Crippen molar-refractivity contribution in [1.82, 2.24) is 9.78 Å². The fraction of sp³-hybridized carbons (Fsp3) is 0.769. The van der Waals surface area contributed by atoms with Crippen LogP contribution in [0.4, 0.5) is 0 Å². The first kappa shape index (κ1) is 13.2. The zero-order valence-electron chi connectivity index (χ0n) is 12.3. The van der Waals surface area contributed by atoms with Crippen LogP contribution in [0.5, 0.6) is 0 Å². The summed E-state index contributed by atoms with van der Waals surface area (Å²) in [5, 5.41) is 4.59. The van der Waals surface area contributed by atoms with Crippen LogP contribution in [0.1, 0.15) is 39.0 Å². The normalized spacial score (nSPS) is 24.6. The summed E-state index contributed by atoms with van der Waals surface area (Å²) in [4.78, 5) is 0. The van der Waals surface area contributed by atoms with Crippen LogP contribution in [-0.2, 0) is 34.1 Å². The van der Waals surface area contributed by atoms with Gasteiger partial charge in [-0.1, -0.05) is 0 Å². The minimum Gasteiger partial charge on any atom is -0.398 e. The highest BCUT2D eigenvalue weighted by Crippen LogP contribution is 2.36. The van der Waals surface area contributed by atoms with E-state index >= 15 is 0 Å². The summed E-state index contributed by atoms with van der Waals surface area (Å²) in [6.45, 7) is 9.61. The molecule has 0 amide bonds. The van der Waals surface area contributed by atoms with E-state index in [1.54, 1.807) is 0 Å². The van der Waals surface area contributed by atoms with Gasteiger partial charge < -0.3 is 14.0 Å². The molecule has 3 rings (SSSR count). The number of fused-ring (bicyclic) bond motifs is 1. The van der Waals surface area contributed by atoms with Crippen molar-refractivity contribution in [2.45, 2.75) is 51.9 Å². The second-order valence-corrected chi connectivity index (χ2v) is 6.32. The van der Waals surface area contributed by atoms with Gasteiger partial charge >= 0.3 is 7.12 Å².